The lowest BCUT2D eigenvalue weighted by Crippen LogP contribution is -2.33. The maximum absolute atomic E-state index is 9.99. The van der Waals surface area contributed by atoms with Gasteiger partial charge in [0.05, 0.1) is 12.9 Å². The van der Waals surface area contributed by atoms with Gasteiger partial charge in [0.25, 0.3) is 0 Å². The Morgan fingerprint density at radius 3 is 2.75 bits per heavy atom. The zero-order chi connectivity index (χ0) is 14.4. The Bertz CT molecular complexity index is 650. The molecule has 0 radical (unpaired) electrons. The molecule has 0 aliphatic carbocycles. The van der Waals surface area contributed by atoms with Crippen molar-refractivity contribution in [3.8, 4) is 0 Å². The van der Waals surface area contributed by atoms with Crippen LogP contribution in [-0.2, 0) is 4.74 Å². The van der Waals surface area contributed by atoms with E-state index < -0.39 is 31.1 Å². The molecule has 3 rings (SSSR count). The van der Waals surface area contributed by atoms with Crippen LogP contribution >= 0.6 is 11.6 Å². The number of hydrogen-bond acceptors (Lipinski definition) is 8. The van der Waals surface area contributed by atoms with E-state index in [9.17, 15) is 10.2 Å². The number of anilines is 1. The summed E-state index contributed by atoms with van der Waals surface area (Å²) in [6.07, 6.45) is -2.93. The maximum atomic E-state index is 9.99. The summed E-state index contributed by atoms with van der Waals surface area (Å²) in [5.74, 6) is 0.102. The average Bonchev–Trinajstić information content (AvgIpc) is 2.93. The number of nitrogen functional groups attached to an aromatic ring is 1. The van der Waals surface area contributed by atoms with Crippen LogP contribution in [0.25, 0.3) is 11.2 Å². The Labute approximate surface area is 117 Å². The third kappa shape index (κ3) is 1.91. The molecule has 2 aromatic heterocycles. The maximum Gasteiger partial charge on any atom is 0.226 e. The number of halogens is 1. The molecule has 0 amide bonds. The van der Waals surface area contributed by atoms with Gasteiger partial charge in [-0.05, 0) is 11.6 Å². The lowest BCUT2D eigenvalue weighted by molar-refractivity contribution is -0.0511. The first-order chi connectivity index (χ1) is 9.52. The highest BCUT2D eigenvalue weighted by molar-refractivity contribution is 6.28. The van der Waals surface area contributed by atoms with Gasteiger partial charge >= 0.3 is 0 Å². The number of aromatic nitrogens is 4. The standard InChI is InChI=1S/C10H12ClN5O4/c11-10-14-7(12)4-8(15-10)16(2-13-4)9-6(19)5(18)3(1-17)20-9/h2-3,5-6,9,17-19H,1H2,(H2,12,14,15)/t3-,5+,6-,9-/m1/s1. The molecule has 20 heavy (non-hydrogen) atoms. The summed E-state index contributed by atoms with van der Waals surface area (Å²) < 4.78 is 6.79. The van der Waals surface area contributed by atoms with Gasteiger partial charge < -0.3 is 25.8 Å². The highest BCUT2D eigenvalue weighted by Gasteiger charge is 2.44. The topological polar surface area (TPSA) is 140 Å². The highest BCUT2D eigenvalue weighted by atomic mass is 35.5. The van der Waals surface area contributed by atoms with Gasteiger partial charge in [0.2, 0.25) is 5.28 Å². The van der Waals surface area contributed by atoms with E-state index in [0.717, 1.165) is 0 Å². The van der Waals surface area contributed by atoms with Crippen molar-refractivity contribution in [2.24, 2.45) is 0 Å². The van der Waals surface area contributed by atoms with Crippen LogP contribution in [0.5, 0.6) is 0 Å². The van der Waals surface area contributed by atoms with Crippen molar-refractivity contribution in [3.63, 3.8) is 0 Å². The smallest absolute Gasteiger partial charge is 0.226 e. The van der Waals surface area contributed by atoms with E-state index in [-0.39, 0.29) is 16.7 Å². The van der Waals surface area contributed by atoms with Gasteiger partial charge in [0.1, 0.15) is 23.8 Å². The largest absolute Gasteiger partial charge is 0.394 e. The number of fused-ring (bicyclic) bond motifs is 1. The quantitative estimate of drug-likeness (QED) is 0.500. The molecular formula is C10H12ClN5O4. The molecule has 1 saturated heterocycles. The van der Waals surface area contributed by atoms with Gasteiger partial charge in [-0.25, -0.2) is 4.98 Å². The lowest BCUT2D eigenvalue weighted by Gasteiger charge is -2.16. The Hall–Kier alpha value is -1.52. The highest BCUT2D eigenvalue weighted by Crippen LogP contribution is 2.32. The second kappa shape index (κ2) is 4.79. The van der Waals surface area contributed by atoms with Gasteiger partial charge in [-0.15, -0.1) is 0 Å². The normalized spacial score (nSPS) is 30.2. The average molecular weight is 302 g/mol. The third-order valence-electron chi connectivity index (χ3n) is 3.21. The van der Waals surface area contributed by atoms with E-state index in [2.05, 4.69) is 15.0 Å². The van der Waals surface area contributed by atoms with Crippen LogP contribution in [0, 0.1) is 0 Å². The van der Waals surface area contributed by atoms with Gasteiger partial charge in [-0.2, -0.15) is 9.97 Å². The molecular weight excluding hydrogens is 290 g/mol. The van der Waals surface area contributed by atoms with Crippen molar-refractivity contribution < 1.29 is 20.1 Å². The van der Waals surface area contributed by atoms with Gasteiger partial charge in [-0.1, -0.05) is 0 Å². The van der Waals surface area contributed by atoms with Gasteiger partial charge in [0, 0.05) is 0 Å². The predicted octanol–water partition coefficient (Wildman–Crippen LogP) is -1.33. The minimum atomic E-state index is -1.24. The van der Waals surface area contributed by atoms with Crippen molar-refractivity contribution in [2.75, 3.05) is 12.3 Å². The summed E-state index contributed by atoms with van der Waals surface area (Å²) >= 11 is 5.74. The zero-order valence-electron chi connectivity index (χ0n) is 10.1. The molecule has 10 heteroatoms. The number of aliphatic hydroxyl groups excluding tert-OH is 3. The zero-order valence-corrected chi connectivity index (χ0v) is 10.8. The molecule has 108 valence electrons. The molecule has 0 spiro atoms. The number of nitrogens with zero attached hydrogens (tertiary/aromatic N) is 4. The molecule has 9 nitrogen and oxygen atoms in total. The van der Waals surface area contributed by atoms with E-state index in [1.807, 2.05) is 0 Å². The molecule has 0 bridgehead atoms. The minimum Gasteiger partial charge on any atom is -0.394 e. The van der Waals surface area contributed by atoms with E-state index in [1.165, 1.54) is 10.9 Å². The molecule has 1 fully saturated rings. The van der Waals surface area contributed by atoms with Crippen LogP contribution in [0.1, 0.15) is 6.23 Å². The summed E-state index contributed by atoms with van der Waals surface area (Å²) in [5, 5.41) is 28.8. The molecule has 1 aliphatic rings. The number of hydrogen-bond donors (Lipinski definition) is 4. The lowest BCUT2D eigenvalue weighted by atomic mass is 10.1. The second-order valence-electron chi connectivity index (χ2n) is 4.43. The summed E-state index contributed by atoms with van der Waals surface area (Å²) in [5.41, 5.74) is 6.27. The first-order valence-corrected chi connectivity index (χ1v) is 6.18. The van der Waals surface area contributed by atoms with Crippen LogP contribution in [-0.4, -0.2) is 59.8 Å². The summed E-state index contributed by atoms with van der Waals surface area (Å²) in [6.45, 7) is -0.417. The van der Waals surface area contributed by atoms with Crippen LogP contribution in [0.15, 0.2) is 6.33 Å². The monoisotopic (exact) mass is 301 g/mol. The van der Waals surface area contributed by atoms with Crippen molar-refractivity contribution in [1.29, 1.82) is 0 Å². The third-order valence-corrected chi connectivity index (χ3v) is 3.38. The molecule has 4 atom stereocenters. The van der Waals surface area contributed by atoms with Crippen LogP contribution in [0.3, 0.4) is 0 Å². The van der Waals surface area contributed by atoms with Crippen LogP contribution in [0.2, 0.25) is 5.28 Å². The summed E-state index contributed by atoms with van der Waals surface area (Å²) in [6, 6.07) is 0. The van der Waals surface area contributed by atoms with Crippen molar-refractivity contribution in [2.45, 2.75) is 24.5 Å². The van der Waals surface area contributed by atoms with Gasteiger partial charge in [-0.3, -0.25) is 4.57 Å². The molecule has 3 heterocycles. The summed E-state index contributed by atoms with van der Waals surface area (Å²) in [7, 11) is 0. The van der Waals surface area contributed by atoms with E-state index in [0.29, 0.717) is 5.52 Å². The van der Waals surface area contributed by atoms with Crippen LogP contribution < -0.4 is 5.73 Å². The summed E-state index contributed by atoms with van der Waals surface area (Å²) in [4.78, 5) is 11.8. The number of imidazole rings is 1. The van der Waals surface area contributed by atoms with Crippen molar-refractivity contribution in [1.82, 2.24) is 19.5 Å². The van der Waals surface area contributed by atoms with Crippen molar-refractivity contribution >= 4 is 28.6 Å². The first-order valence-electron chi connectivity index (χ1n) is 5.81. The molecule has 0 unspecified atom stereocenters. The fraction of sp³-hybridized carbons (Fsp3) is 0.500. The van der Waals surface area contributed by atoms with E-state index >= 15 is 0 Å². The van der Waals surface area contributed by atoms with E-state index in [4.69, 9.17) is 27.2 Å². The van der Waals surface area contributed by atoms with Gasteiger partial charge in [0.15, 0.2) is 17.7 Å². The number of nitrogens with two attached hydrogens (primary N) is 1. The predicted molar refractivity (Wildman–Crippen MR) is 67.8 cm³/mol. The molecule has 0 saturated carbocycles. The second-order valence-corrected chi connectivity index (χ2v) is 4.77. The molecule has 0 aromatic carbocycles. The number of rotatable bonds is 2. The van der Waals surface area contributed by atoms with Crippen molar-refractivity contribution in [3.05, 3.63) is 11.6 Å². The van der Waals surface area contributed by atoms with Crippen LogP contribution in [0.4, 0.5) is 5.82 Å². The SMILES string of the molecule is Nc1nc(Cl)nc2c1ncn2[C@@H]1O[C@H](CO)[C@H](O)[C@H]1O. The Morgan fingerprint density at radius 2 is 2.10 bits per heavy atom. The molecule has 1 aliphatic heterocycles. The van der Waals surface area contributed by atoms with E-state index in [1.54, 1.807) is 0 Å². The minimum absolute atomic E-state index is 0.0662. The number of ether oxygens (including phenoxy) is 1. The first kappa shape index (κ1) is 13.5. The fourth-order valence-corrected chi connectivity index (χ4v) is 2.38. The Balaban J connectivity index is 2.07. The Kier molecular flexibility index (Phi) is 3.22. The molecule has 2 aromatic rings. The number of aliphatic hydroxyl groups is 3. The molecule has 5 N–H and O–H groups in total. The Morgan fingerprint density at radius 1 is 1.35 bits per heavy atom. The fourth-order valence-electron chi connectivity index (χ4n) is 2.21.